The van der Waals surface area contributed by atoms with Crippen molar-refractivity contribution in [2.75, 3.05) is 0 Å². The van der Waals surface area contributed by atoms with Gasteiger partial charge in [0.05, 0.1) is 0 Å². The van der Waals surface area contributed by atoms with Gasteiger partial charge in [-0.2, -0.15) is 0 Å². The molecule has 1 atom stereocenters. The molecule has 0 aliphatic carbocycles. The fraction of sp³-hybridized carbons (Fsp3) is 0.556. The van der Waals surface area contributed by atoms with Crippen LogP contribution in [0.3, 0.4) is 0 Å². The van der Waals surface area contributed by atoms with Gasteiger partial charge in [-0.25, -0.2) is 0 Å². The van der Waals surface area contributed by atoms with Crippen LogP contribution in [0.2, 0.25) is 0 Å². The van der Waals surface area contributed by atoms with E-state index in [9.17, 15) is 0 Å². The van der Waals surface area contributed by atoms with Gasteiger partial charge >= 0.3 is 0 Å². The average Bonchev–Trinajstić information content (AvgIpc) is 2.35. The fourth-order valence-corrected chi connectivity index (χ4v) is 1.86. The van der Waals surface area contributed by atoms with Gasteiger partial charge in [0.25, 0.3) is 0 Å². The first-order valence-electron chi connectivity index (χ1n) is 3.99. The van der Waals surface area contributed by atoms with Crippen LogP contribution in [0.25, 0.3) is 0 Å². The largest absolute Gasteiger partial charge is 0.307 e. The molecule has 0 unspecified atom stereocenters. The van der Waals surface area contributed by atoms with Crippen molar-refractivity contribution in [1.82, 2.24) is 5.32 Å². The van der Waals surface area contributed by atoms with Crippen LogP contribution < -0.4 is 5.32 Å². The summed E-state index contributed by atoms with van der Waals surface area (Å²) in [6.07, 6.45) is 0. The number of hydrogen-bond acceptors (Lipinski definition) is 2. The fourth-order valence-electron chi connectivity index (χ4n) is 1.12. The summed E-state index contributed by atoms with van der Waals surface area (Å²) in [7, 11) is 0. The van der Waals surface area contributed by atoms with E-state index in [1.54, 1.807) is 0 Å². The zero-order valence-electron chi connectivity index (χ0n) is 7.29. The van der Waals surface area contributed by atoms with E-state index in [-0.39, 0.29) is 0 Å². The molecule has 0 aliphatic heterocycles. The van der Waals surface area contributed by atoms with Crippen LogP contribution >= 0.6 is 11.3 Å². The molecule has 0 saturated heterocycles. The lowest BCUT2D eigenvalue weighted by atomic mass is 10.2. The maximum atomic E-state index is 3.46. The molecule has 1 rings (SSSR count). The monoisotopic (exact) mass is 169 g/mol. The molecule has 0 aliphatic rings. The number of nitrogens with one attached hydrogen (secondary N) is 1. The van der Waals surface area contributed by atoms with Crippen LogP contribution in [0, 0.1) is 0 Å². The van der Waals surface area contributed by atoms with Gasteiger partial charge in [-0.05, 0) is 18.4 Å². The van der Waals surface area contributed by atoms with Crippen molar-refractivity contribution in [3.8, 4) is 0 Å². The zero-order valence-corrected chi connectivity index (χ0v) is 8.11. The maximum Gasteiger partial charge on any atom is 0.0388 e. The number of rotatable bonds is 3. The van der Waals surface area contributed by atoms with Crippen molar-refractivity contribution in [2.24, 2.45) is 0 Å². The maximum absolute atomic E-state index is 3.46. The first-order valence-corrected chi connectivity index (χ1v) is 4.87. The summed E-state index contributed by atoms with van der Waals surface area (Å²) in [6.45, 7) is 6.54. The molecule has 0 amide bonds. The van der Waals surface area contributed by atoms with E-state index in [0.29, 0.717) is 12.1 Å². The topological polar surface area (TPSA) is 12.0 Å². The number of thiophene rings is 1. The lowest BCUT2D eigenvalue weighted by Crippen LogP contribution is -2.25. The van der Waals surface area contributed by atoms with E-state index in [0.717, 1.165) is 0 Å². The molecule has 1 aromatic rings. The van der Waals surface area contributed by atoms with Crippen LogP contribution in [0.1, 0.15) is 31.7 Å². The van der Waals surface area contributed by atoms with E-state index >= 15 is 0 Å². The molecule has 62 valence electrons. The smallest absolute Gasteiger partial charge is 0.0388 e. The van der Waals surface area contributed by atoms with Crippen molar-refractivity contribution >= 4 is 11.3 Å². The summed E-state index contributed by atoms with van der Waals surface area (Å²) in [5.74, 6) is 0. The van der Waals surface area contributed by atoms with Crippen LogP contribution in [-0.2, 0) is 0 Å². The van der Waals surface area contributed by atoms with Crippen LogP contribution in [0.15, 0.2) is 17.5 Å². The van der Waals surface area contributed by atoms with E-state index in [1.807, 2.05) is 11.3 Å². The zero-order chi connectivity index (χ0) is 8.27. The molecule has 0 radical (unpaired) electrons. The molecule has 1 nitrogen and oxygen atoms in total. The first-order chi connectivity index (χ1) is 5.20. The third-order valence-corrected chi connectivity index (χ3v) is 2.61. The molecule has 2 heteroatoms. The highest BCUT2D eigenvalue weighted by Gasteiger charge is 2.05. The average molecular weight is 169 g/mol. The molecule has 11 heavy (non-hydrogen) atoms. The highest BCUT2D eigenvalue weighted by molar-refractivity contribution is 7.10. The van der Waals surface area contributed by atoms with Crippen molar-refractivity contribution in [3.05, 3.63) is 22.4 Å². The van der Waals surface area contributed by atoms with E-state index in [4.69, 9.17) is 0 Å². The molecule has 0 spiro atoms. The van der Waals surface area contributed by atoms with Crippen molar-refractivity contribution in [1.29, 1.82) is 0 Å². The van der Waals surface area contributed by atoms with Crippen LogP contribution in [0.4, 0.5) is 0 Å². The third-order valence-electron chi connectivity index (χ3n) is 1.55. The molecule has 1 heterocycles. The van der Waals surface area contributed by atoms with E-state index < -0.39 is 0 Å². The molecule has 0 bridgehead atoms. The molecule has 0 saturated carbocycles. The Kier molecular flexibility index (Phi) is 3.09. The Labute approximate surface area is 72.4 Å². The Morgan fingerprint density at radius 3 is 2.55 bits per heavy atom. The Hall–Kier alpha value is -0.340. The van der Waals surface area contributed by atoms with Crippen molar-refractivity contribution in [2.45, 2.75) is 32.9 Å². The lowest BCUT2D eigenvalue weighted by molar-refractivity contribution is 0.512. The standard InChI is InChI=1S/C9H15NS/c1-7(2)10-8(3)9-5-4-6-11-9/h4-8,10H,1-3H3/t8-/m1/s1. The second-order valence-corrected chi connectivity index (χ2v) is 4.04. The molecule has 0 aromatic carbocycles. The van der Waals surface area contributed by atoms with Crippen LogP contribution in [-0.4, -0.2) is 6.04 Å². The van der Waals surface area contributed by atoms with Gasteiger partial charge in [0, 0.05) is 17.0 Å². The predicted molar refractivity (Wildman–Crippen MR) is 51.0 cm³/mol. The van der Waals surface area contributed by atoms with Gasteiger partial charge in [-0.1, -0.05) is 19.9 Å². The minimum absolute atomic E-state index is 0.495. The first kappa shape index (κ1) is 8.75. The van der Waals surface area contributed by atoms with Crippen molar-refractivity contribution in [3.63, 3.8) is 0 Å². The normalized spacial score (nSPS) is 13.8. The molecule has 0 fully saturated rings. The summed E-state index contributed by atoms with van der Waals surface area (Å²) in [6, 6.07) is 5.32. The minimum atomic E-state index is 0.495. The van der Waals surface area contributed by atoms with Crippen molar-refractivity contribution < 1.29 is 0 Å². The summed E-state index contributed by atoms with van der Waals surface area (Å²) < 4.78 is 0. The summed E-state index contributed by atoms with van der Waals surface area (Å²) in [4.78, 5) is 1.42. The third kappa shape index (κ3) is 2.64. The Balaban J connectivity index is 2.49. The van der Waals surface area contributed by atoms with Crippen LogP contribution in [0.5, 0.6) is 0 Å². The van der Waals surface area contributed by atoms with Gasteiger partial charge in [-0.15, -0.1) is 11.3 Å². The Morgan fingerprint density at radius 1 is 1.36 bits per heavy atom. The van der Waals surface area contributed by atoms with E-state index in [1.165, 1.54) is 4.88 Å². The van der Waals surface area contributed by atoms with Gasteiger partial charge in [0.2, 0.25) is 0 Å². The summed E-state index contributed by atoms with van der Waals surface area (Å²) in [5, 5.41) is 5.57. The summed E-state index contributed by atoms with van der Waals surface area (Å²) in [5.41, 5.74) is 0. The molecular formula is C9H15NS. The number of hydrogen-bond donors (Lipinski definition) is 1. The molecule has 1 N–H and O–H groups in total. The molecular weight excluding hydrogens is 154 g/mol. The quantitative estimate of drug-likeness (QED) is 0.733. The second-order valence-electron chi connectivity index (χ2n) is 3.06. The van der Waals surface area contributed by atoms with E-state index in [2.05, 4.69) is 43.6 Å². The van der Waals surface area contributed by atoms with Gasteiger partial charge in [0.1, 0.15) is 0 Å². The van der Waals surface area contributed by atoms with Gasteiger partial charge < -0.3 is 5.32 Å². The lowest BCUT2D eigenvalue weighted by Gasteiger charge is -2.14. The Bertz CT molecular complexity index is 191. The second kappa shape index (κ2) is 3.88. The highest BCUT2D eigenvalue weighted by Crippen LogP contribution is 2.18. The Morgan fingerprint density at radius 2 is 2.09 bits per heavy atom. The highest BCUT2D eigenvalue weighted by atomic mass is 32.1. The van der Waals surface area contributed by atoms with Gasteiger partial charge in [-0.3, -0.25) is 0 Å². The predicted octanol–water partition coefficient (Wildman–Crippen LogP) is 2.81. The van der Waals surface area contributed by atoms with Gasteiger partial charge in [0.15, 0.2) is 0 Å². The summed E-state index contributed by atoms with van der Waals surface area (Å²) >= 11 is 1.81. The molecule has 1 aromatic heterocycles. The minimum Gasteiger partial charge on any atom is -0.307 e. The SMILES string of the molecule is CC(C)N[C@H](C)c1cccs1.